The normalized spacial score (nSPS) is 14.4. The lowest BCUT2D eigenvalue weighted by Crippen LogP contribution is -2.37. The van der Waals surface area contributed by atoms with Crippen molar-refractivity contribution in [2.24, 2.45) is 16.7 Å². The number of hydrogen-bond donors (Lipinski definition) is 1. The van der Waals surface area contributed by atoms with Gasteiger partial charge in [0.2, 0.25) is 0 Å². The molecule has 0 aliphatic rings. The Labute approximate surface area is 119 Å². The molecule has 0 aromatic heterocycles. The fourth-order valence-electron chi connectivity index (χ4n) is 2.53. The summed E-state index contributed by atoms with van der Waals surface area (Å²) in [5.74, 6) is 1.03. The van der Waals surface area contributed by atoms with Gasteiger partial charge in [-0.05, 0) is 47.3 Å². The number of aryl methyl sites for hydroxylation is 1. The fraction of sp³-hybridized carbons (Fsp3) is 0.667. The Morgan fingerprint density at radius 3 is 2.05 bits per heavy atom. The van der Waals surface area contributed by atoms with E-state index in [0.717, 1.165) is 6.42 Å². The van der Waals surface area contributed by atoms with Crippen molar-refractivity contribution in [1.82, 2.24) is 0 Å². The Balaban J connectivity index is 2.64. The first kappa shape index (κ1) is 16.1. The van der Waals surface area contributed by atoms with E-state index in [1.807, 2.05) is 12.1 Å². The topological polar surface area (TPSA) is 20.2 Å². The summed E-state index contributed by atoms with van der Waals surface area (Å²) in [5.41, 5.74) is 2.01. The van der Waals surface area contributed by atoms with Gasteiger partial charge in [-0.3, -0.25) is 0 Å². The minimum absolute atomic E-state index is 0.332. The summed E-state index contributed by atoms with van der Waals surface area (Å²) in [6.45, 7) is 14.2. The van der Waals surface area contributed by atoms with Crippen LogP contribution in [0.5, 0.6) is 5.75 Å². The Morgan fingerprint density at radius 2 is 1.58 bits per heavy atom. The molecule has 0 aliphatic carbocycles. The van der Waals surface area contributed by atoms with Crippen LogP contribution in [0.4, 0.5) is 0 Å². The molecule has 1 aromatic rings. The van der Waals surface area contributed by atoms with Crippen molar-refractivity contribution in [2.45, 2.75) is 60.8 Å². The Bertz CT molecular complexity index is 387. The third-order valence-corrected chi connectivity index (χ3v) is 5.66. The van der Waals surface area contributed by atoms with Gasteiger partial charge in [0.05, 0.1) is 0 Å². The highest BCUT2D eigenvalue weighted by atomic mass is 16.3. The predicted octanol–water partition coefficient (Wildman–Crippen LogP) is 5.42. The highest BCUT2D eigenvalue weighted by Crippen LogP contribution is 2.47. The molecule has 1 rings (SSSR count). The van der Waals surface area contributed by atoms with Gasteiger partial charge in [0.1, 0.15) is 5.75 Å². The first-order valence-electron chi connectivity index (χ1n) is 7.48. The van der Waals surface area contributed by atoms with E-state index < -0.39 is 0 Å². The maximum Gasteiger partial charge on any atom is 0.115 e. The SMILES string of the molecule is CCC(C)(C)C(C)(C)C(C)CCc1ccc(O)cc1. The molecular weight excluding hydrogens is 232 g/mol. The van der Waals surface area contributed by atoms with Crippen LogP contribution in [0.1, 0.15) is 59.9 Å². The van der Waals surface area contributed by atoms with Gasteiger partial charge in [-0.2, -0.15) is 0 Å². The minimum Gasteiger partial charge on any atom is -0.508 e. The molecule has 1 aromatic carbocycles. The zero-order chi connectivity index (χ0) is 14.7. The molecular formula is C18H30O. The maximum atomic E-state index is 9.30. The molecule has 0 fully saturated rings. The van der Waals surface area contributed by atoms with Gasteiger partial charge in [-0.15, -0.1) is 0 Å². The number of aromatic hydroxyl groups is 1. The molecule has 1 unspecified atom stereocenters. The van der Waals surface area contributed by atoms with E-state index in [-0.39, 0.29) is 0 Å². The van der Waals surface area contributed by atoms with Crippen LogP contribution in [-0.4, -0.2) is 5.11 Å². The fourth-order valence-corrected chi connectivity index (χ4v) is 2.53. The smallest absolute Gasteiger partial charge is 0.115 e. The molecule has 1 N–H and O–H groups in total. The van der Waals surface area contributed by atoms with E-state index in [1.165, 1.54) is 18.4 Å². The van der Waals surface area contributed by atoms with E-state index in [1.54, 1.807) is 12.1 Å². The largest absolute Gasteiger partial charge is 0.508 e. The molecule has 108 valence electrons. The summed E-state index contributed by atoms with van der Waals surface area (Å²) in [4.78, 5) is 0. The van der Waals surface area contributed by atoms with Crippen molar-refractivity contribution in [3.63, 3.8) is 0 Å². The van der Waals surface area contributed by atoms with Crippen molar-refractivity contribution in [2.75, 3.05) is 0 Å². The van der Waals surface area contributed by atoms with Crippen LogP contribution in [0.15, 0.2) is 24.3 Å². The number of benzene rings is 1. The second-order valence-corrected chi connectivity index (χ2v) is 7.07. The number of rotatable bonds is 6. The minimum atomic E-state index is 0.332. The van der Waals surface area contributed by atoms with E-state index in [2.05, 4.69) is 41.5 Å². The Hall–Kier alpha value is -0.980. The van der Waals surface area contributed by atoms with E-state index >= 15 is 0 Å². The van der Waals surface area contributed by atoms with Gasteiger partial charge in [0, 0.05) is 0 Å². The van der Waals surface area contributed by atoms with Crippen molar-refractivity contribution in [3.05, 3.63) is 29.8 Å². The zero-order valence-corrected chi connectivity index (χ0v) is 13.5. The lowest BCUT2D eigenvalue weighted by atomic mass is 9.59. The third kappa shape index (κ3) is 3.75. The molecule has 0 amide bonds. The molecule has 0 radical (unpaired) electrons. The van der Waals surface area contributed by atoms with Crippen LogP contribution in [0, 0.1) is 16.7 Å². The van der Waals surface area contributed by atoms with Crippen LogP contribution in [-0.2, 0) is 6.42 Å². The molecule has 0 saturated carbocycles. The van der Waals surface area contributed by atoms with Crippen molar-refractivity contribution in [3.8, 4) is 5.75 Å². The summed E-state index contributed by atoms with van der Waals surface area (Å²) >= 11 is 0. The highest BCUT2D eigenvalue weighted by molar-refractivity contribution is 5.25. The van der Waals surface area contributed by atoms with Gasteiger partial charge < -0.3 is 5.11 Å². The summed E-state index contributed by atoms with van der Waals surface area (Å²) in [6, 6.07) is 7.61. The molecule has 0 bridgehead atoms. The van der Waals surface area contributed by atoms with Gasteiger partial charge in [0.25, 0.3) is 0 Å². The molecule has 0 aliphatic heterocycles. The average molecular weight is 262 g/mol. The lowest BCUT2D eigenvalue weighted by Gasteiger charge is -2.46. The van der Waals surface area contributed by atoms with Crippen LogP contribution in [0.2, 0.25) is 0 Å². The van der Waals surface area contributed by atoms with Gasteiger partial charge in [0.15, 0.2) is 0 Å². The van der Waals surface area contributed by atoms with Crippen LogP contribution in [0.25, 0.3) is 0 Å². The predicted molar refractivity (Wildman–Crippen MR) is 83.4 cm³/mol. The molecule has 0 saturated heterocycles. The second-order valence-electron chi connectivity index (χ2n) is 7.07. The third-order valence-electron chi connectivity index (χ3n) is 5.66. The van der Waals surface area contributed by atoms with E-state index in [0.29, 0.717) is 22.5 Å². The van der Waals surface area contributed by atoms with Gasteiger partial charge in [-0.1, -0.05) is 60.1 Å². The highest BCUT2D eigenvalue weighted by Gasteiger charge is 2.39. The number of phenolic OH excluding ortho intramolecular Hbond substituents is 1. The van der Waals surface area contributed by atoms with Gasteiger partial charge >= 0.3 is 0 Å². The number of phenols is 1. The molecule has 19 heavy (non-hydrogen) atoms. The van der Waals surface area contributed by atoms with Crippen LogP contribution in [0.3, 0.4) is 0 Å². The van der Waals surface area contributed by atoms with Crippen LogP contribution < -0.4 is 0 Å². The quantitative estimate of drug-likeness (QED) is 0.725. The molecule has 0 heterocycles. The molecule has 1 nitrogen and oxygen atoms in total. The van der Waals surface area contributed by atoms with Crippen molar-refractivity contribution >= 4 is 0 Å². The van der Waals surface area contributed by atoms with Crippen molar-refractivity contribution in [1.29, 1.82) is 0 Å². The maximum absolute atomic E-state index is 9.30. The first-order chi connectivity index (χ1) is 8.70. The first-order valence-corrected chi connectivity index (χ1v) is 7.48. The lowest BCUT2D eigenvalue weighted by molar-refractivity contribution is 0.0396. The second kappa shape index (κ2) is 5.98. The number of hydrogen-bond acceptors (Lipinski definition) is 1. The zero-order valence-electron chi connectivity index (χ0n) is 13.5. The Kier molecular flexibility index (Phi) is 5.06. The summed E-state index contributed by atoms with van der Waals surface area (Å²) < 4.78 is 0. The molecule has 1 atom stereocenters. The summed E-state index contributed by atoms with van der Waals surface area (Å²) in [5, 5.41) is 9.30. The Morgan fingerprint density at radius 1 is 1.05 bits per heavy atom. The van der Waals surface area contributed by atoms with Crippen LogP contribution >= 0.6 is 0 Å². The molecule has 0 spiro atoms. The van der Waals surface area contributed by atoms with Crippen molar-refractivity contribution < 1.29 is 5.11 Å². The summed E-state index contributed by atoms with van der Waals surface area (Å²) in [6.07, 6.45) is 3.50. The standard InChI is InChI=1S/C18H30O/c1-7-17(3,4)18(5,6)14(2)8-9-15-10-12-16(19)13-11-15/h10-14,19H,7-9H2,1-6H3. The summed E-state index contributed by atoms with van der Waals surface area (Å²) in [7, 11) is 0. The van der Waals surface area contributed by atoms with Gasteiger partial charge in [-0.25, -0.2) is 0 Å². The average Bonchev–Trinajstić information content (AvgIpc) is 2.37. The van der Waals surface area contributed by atoms with E-state index in [9.17, 15) is 5.11 Å². The monoisotopic (exact) mass is 262 g/mol. The molecule has 1 heteroatoms. The van der Waals surface area contributed by atoms with E-state index in [4.69, 9.17) is 0 Å².